The van der Waals surface area contributed by atoms with Crippen LogP contribution in [0.25, 0.3) is 0 Å². The van der Waals surface area contributed by atoms with Gasteiger partial charge in [0.25, 0.3) is 0 Å². The van der Waals surface area contributed by atoms with Crippen molar-refractivity contribution in [3.05, 3.63) is 76.0 Å². The highest BCUT2D eigenvalue weighted by Gasteiger charge is 2.36. The highest BCUT2D eigenvalue weighted by atomic mass is 35.5. The fraction of sp³-hybridized carbons (Fsp3) is 0.200. The van der Waals surface area contributed by atoms with Crippen molar-refractivity contribution in [2.75, 3.05) is 12.4 Å². The Labute approximate surface area is 182 Å². The molecule has 0 unspecified atom stereocenters. The fourth-order valence-electron chi connectivity index (χ4n) is 3.06. The van der Waals surface area contributed by atoms with E-state index in [2.05, 4.69) is 10.6 Å². The van der Waals surface area contributed by atoms with Crippen LogP contribution < -0.4 is 10.6 Å². The molecular weight excluding hydrogens is 454 g/mol. The van der Waals surface area contributed by atoms with Gasteiger partial charge in [-0.1, -0.05) is 23.7 Å². The van der Waals surface area contributed by atoms with E-state index in [1.807, 2.05) is 0 Å². The number of nitrogens with one attached hydrogen (secondary N) is 2. The van der Waals surface area contributed by atoms with Crippen molar-refractivity contribution in [1.29, 1.82) is 0 Å². The first-order valence-corrected chi connectivity index (χ1v) is 11.1. The lowest BCUT2D eigenvalue weighted by Crippen LogP contribution is -2.47. The molecule has 0 spiro atoms. The lowest BCUT2D eigenvalue weighted by molar-refractivity contribution is -0.139. The number of carbonyl (C=O) groups excluding carboxylic acids is 2. The molecule has 0 saturated heterocycles. The minimum absolute atomic E-state index is 0.0141. The molecule has 0 bridgehead atoms. The average molecular weight is 471 g/mol. The third-order valence-corrected chi connectivity index (χ3v) is 6.35. The summed E-state index contributed by atoms with van der Waals surface area (Å²) in [7, 11) is -4.15. The molecule has 3 rings (SSSR count). The second-order valence-corrected chi connectivity index (χ2v) is 8.93. The Kier molecular flexibility index (Phi) is 6.61. The van der Waals surface area contributed by atoms with Gasteiger partial charge in [0.15, 0.2) is 9.84 Å². The van der Waals surface area contributed by atoms with Gasteiger partial charge in [0.05, 0.1) is 33.9 Å². The first-order valence-electron chi connectivity index (χ1n) is 9.03. The van der Waals surface area contributed by atoms with Gasteiger partial charge in [0.1, 0.15) is 11.6 Å². The summed E-state index contributed by atoms with van der Waals surface area (Å²) in [4.78, 5) is 24.6. The topological polar surface area (TPSA) is 102 Å². The van der Waals surface area contributed by atoms with E-state index in [0.717, 1.165) is 24.3 Å². The Morgan fingerprint density at radius 1 is 1.19 bits per heavy atom. The molecule has 31 heavy (non-hydrogen) atoms. The highest BCUT2D eigenvalue weighted by Crippen LogP contribution is 2.30. The molecule has 2 N–H and O–H groups in total. The van der Waals surface area contributed by atoms with E-state index in [4.69, 9.17) is 16.3 Å². The molecule has 7 nitrogen and oxygen atoms in total. The number of benzene rings is 2. The SMILES string of the molecule is CCOC(=O)C1=C(CS(=O)(=O)c2ccc(F)c(Cl)c2)NC(=O)N[C@H]1c1cccc(F)c1. The van der Waals surface area contributed by atoms with E-state index in [1.54, 1.807) is 6.92 Å². The Hall–Kier alpha value is -2.98. The maximum Gasteiger partial charge on any atom is 0.338 e. The van der Waals surface area contributed by atoms with Gasteiger partial charge in [0.2, 0.25) is 0 Å². The Morgan fingerprint density at radius 3 is 2.58 bits per heavy atom. The zero-order valence-corrected chi connectivity index (χ0v) is 17.7. The summed E-state index contributed by atoms with van der Waals surface area (Å²) < 4.78 is 58.0. The van der Waals surface area contributed by atoms with Crippen LogP contribution in [0.15, 0.2) is 58.6 Å². The van der Waals surface area contributed by atoms with E-state index in [-0.39, 0.29) is 28.3 Å². The molecule has 1 atom stereocenters. The molecule has 1 aliphatic rings. The molecule has 1 aliphatic heterocycles. The Morgan fingerprint density at radius 2 is 1.94 bits per heavy atom. The predicted octanol–water partition coefficient (Wildman–Crippen LogP) is 3.26. The van der Waals surface area contributed by atoms with Crippen molar-refractivity contribution >= 4 is 33.4 Å². The van der Waals surface area contributed by atoms with Gasteiger partial charge in [-0.2, -0.15) is 0 Å². The van der Waals surface area contributed by atoms with Crippen LogP contribution in [0.5, 0.6) is 0 Å². The summed E-state index contributed by atoms with van der Waals surface area (Å²) in [5.41, 5.74) is -0.210. The van der Waals surface area contributed by atoms with Crippen LogP contribution in [0.1, 0.15) is 18.5 Å². The van der Waals surface area contributed by atoms with Gasteiger partial charge >= 0.3 is 12.0 Å². The molecule has 2 aromatic carbocycles. The molecule has 0 radical (unpaired) electrons. The number of halogens is 3. The molecule has 0 fully saturated rings. The number of hydrogen-bond donors (Lipinski definition) is 2. The second-order valence-electron chi connectivity index (χ2n) is 6.53. The summed E-state index contributed by atoms with van der Waals surface area (Å²) in [5.74, 6) is -3.09. The maximum atomic E-state index is 13.8. The van der Waals surface area contributed by atoms with Gasteiger partial charge in [-0.05, 0) is 42.8 Å². The molecule has 0 aromatic heterocycles. The largest absolute Gasteiger partial charge is 0.463 e. The molecule has 2 aromatic rings. The van der Waals surface area contributed by atoms with Crippen molar-refractivity contribution in [2.24, 2.45) is 0 Å². The van der Waals surface area contributed by atoms with E-state index in [9.17, 15) is 26.8 Å². The van der Waals surface area contributed by atoms with Crippen molar-refractivity contribution in [2.45, 2.75) is 17.9 Å². The number of urea groups is 1. The summed E-state index contributed by atoms with van der Waals surface area (Å²) in [6.07, 6.45) is 0. The van der Waals surface area contributed by atoms with Crippen molar-refractivity contribution in [1.82, 2.24) is 10.6 Å². The van der Waals surface area contributed by atoms with Gasteiger partial charge in [-0.3, -0.25) is 0 Å². The van der Waals surface area contributed by atoms with Crippen molar-refractivity contribution < 1.29 is 31.5 Å². The minimum Gasteiger partial charge on any atom is -0.463 e. The molecule has 0 aliphatic carbocycles. The average Bonchev–Trinajstić information content (AvgIpc) is 2.69. The number of esters is 1. The third-order valence-electron chi connectivity index (χ3n) is 4.42. The smallest absolute Gasteiger partial charge is 0.338 e. The lowest BCUT2D eigenvalue weighted by Gasteiger charge is -2.29. The summed E-state index contributed by atoms with van der Waals surface area (Å²) in [6, 6.07) is 6.08. The zero-order valence-electron chi connectivity index (χ0n) is 16.1. The molecule has 11 heteroatoms. The monoisotopic (exact) mass is 470 g/mol. The number of rotatable bonds is 6. The minimum atomic E-state index is -4.15. The Balaban J connectivity index is 2.11. The third kappa shape index (κ3) is 5.02. The quantitative estimate of drug-likeness (QED) is 0.498. The fourth-order valence-corrected chi connectivity index (χ4v) is 4.65. The number of carbonyl (C=O) groups is 2. The number of hydrogen-bond acceptors (Lipinski definition) is 5. The number of amides is 2. The van der Waals surface area contributed by atoms with E-state index >= 15 is 0 Å². The molecule has 0 saturated carbocycles. The van der Waals surface area contributed by atoms with Crippen molar-refractivity contribution in [3.8, 4) is 0 Å². The second kappa shape index (κ2) is 9.03. The van der Waals surface area contributed by atoms with Gasteiger partial charge in [0, 0.05) is 5.70 Å². The summed E-state index contributed by atoms with van der Waals surface area (Å²) in [5, 5.41) is 4.41. The number of sulfone groups is 1. The highest BCUT2D eigenvalue weighted by molar-refractivity contribution is 7.91. The van der Waals surface area contributed by atoms with Gasteiger partial charge in [-0.25, -0.2) is 26.8 Å². The lowest BCUT2D eigenvalue weighted by atomic mass is 9.95. The number of ether oxygens (including phenoxy) is 1. The molecular formula is C20H17ClF2N2O5S. The first-order chi connectivity index (χ1) is 14.6. The van der Waals surface area contributed by atoms with E-state index < -0.39 is 50.3 Å². The van der Waals surface area contributed by atoms with Crippen LogP contribution >= 0.6 is 11.6 Å². The van der Waals surface area contributed by atoms with E-state index in [0.29, 0.717) is 0 Å². The predicted molar refractivity (Wildman–Crippen MR) is 108 cm³/mol. The summed E-state index contributed by atoms with van der Waals surface area (Å²) in [6.45, 7) is 1.54. The van der Waals surface area contributed by atoms with Crippen LogP contribution in [0.2, 0.25) is 5.02 Å². The maximum absolute atomic E-state index is 13.8. The van der Waals surface area contributed by atoms with Crippen LogP contribution in [-0.2, 0) is 19.4 Å². The van der Waals surface area contributed by atoms with Crippen LogP contribution in [0.3, 0.4) is 0 Å². The van der Waals surface area contributed by atoms with Crippen LogP contribution in [0.4, 0.5) is 13.6 Å². The van der Waals surface area contributed by atoms with Crippen LogP contribution in [-0.4, -0.2) is 32.8 Å². The zero-order chi connectivity index (χ0) is 22.8. The molecule has 164 valence electrons. The van der Waals surface area contributed by atoms with Gasteiger partial charge in [-0.15, -0.1) is 0 Å². The summed E-state index contributed by atoms with van der Waals surface area (Å²) >= 11 is 5.68. The van der Waals surface area contributed by atoms with Crippen LogP contribution in [0, 0.1) is 11.6 Å². The molecule has 1 heterocycles. The van der Waals surface area contributed by atoms with Gasteiger partial charge < -0.3 is 15.4 Å². The Bertz CT molecular complexity index is 1180. The standard InChI is InChI=1S/C20H17ClF2N2O5S/c1-2-30-19(26)17-16(10-31(28,29)13-6-7-15(23)14(21)9-13)24-20(27)25-18(17)11-4-3-5-12(22)8-11/h3-9,18H,2,10H2,1H3,(H2,24,25,27)/t18-/m0/s1. The normalized spacial score (nSPS) is 16.5. The molecule has 2 amide bonds. The van der Waals surface area contributed by atoms with E-state index in [1.165, 1.54) is 18.2 Å². The van der Waals surface area contributed by atoms with Crippen molar-refractivity contribution in [3.63, 3.8) is 0 Å². The first kappa shape index (κ1) is 22.7.